The molecule has 0 radical (unpaired) electrons. The number of hydrogen-bond donors (Lipinski definition) is 1. The molecule has 1 saturated heterocycles. The molecule has 1 fully saturated rings. The van der Waals surface area contributed by atoms with E-state index in [9.17, 15) is 24.5 Å². The molecule has 0 saturated carbocycles. The number of amides is 3. The summed E-state index contributed by atoms with van der Waals surface area (Å²) < 4.78 is 1.29. The van der Waals surface area contributed by atoms with Crippen LogP contribution in [0.15, 0.2) is 24.3 Å². The van der Waals surface area contributed by atoms with Gasteiger partial charge in [-0.3, -0.25) is 34.1 Å². The zero-order valence-electron chi connectivity index (χ0n) is 15.2. The summed E-state index contributed by atoms with van der Waals surface area (Å²) in [4.78, 5) is 47.2. The smallest absolute Gasteiger partial charge is 0.312 e. The largest absolute Gasteiger partial charge is 0.324 e. The first kappa shape index (κ1) is 19.5. The number of rotatable bonds is 6. The lowest BCUT2D eigenvalue weighted by molar-refractivity contribution is -0.386. The Bertz CT molecular complexity index is 953. The molecule has 146 valence electrons. The highest BCUT2D eigenvalue weighted by atomic mass is 32.2. The Morgan fingerprint density at radius 3 is 2.50 bits per heavy atom. The maximum atomic E-state index is 12.2. The summed E-state index contributed by atoms with van der Waals surface area (Å²) in [5.74, 6) is -0.432. The van der Waals surface area contributed by atoms with Crippen LogP contribution in [0.25, 0.3) is 0 Å². The number of carbonyl (C=O) groups is 3. The van der Waals surface area contributed by atoms with Crippen LogP contribution in [0.3, 0.4) is 0 Å². The Morgan fingerprint density at radius 1 is 1.29 bits per heavy atom. The van der Waals surface area contributed by atoms with Gasteiger partial charge in [-0.1, -0.05) is 23.9 Å². The Hall–Kier alpha value is -3.21. The van der Waals surface area contributed by atoms with Gasteiger partial charge in [0.1, 0.15) is 17.9 Å². The summed E-state index contributed by atoms with van der Waals surface area (Å²) in [6.07, 6.45) is 0. The summed E-state index contributed by atoms with van der Waals surface area (Å²) in [5.41, 5.74) is 1.76. The van der Waals surface area contributed by atoms with E-state index in [0.717, 1.165) is 17.3 Å². The molecular formula is C17H17N5O5S. The van der Waals surface area contributed by atoms with Crippen LogP contribution in [0.5, 0.6) is 0 Å². The minimum atomic E-state index is -0.515. The van der Waals surface area contributed by atoms with Gasteiger partial charge in [0, 0.05) is 5.69 Å². The lowest BCUT2D eigenvalue weighted by Gasteiger charge is -2.13. The highest BCUT2D eigenvalue weighted by Crippen LogP contribution is 2.23. The second-order valence-corrected chi connectivity index (χ2v) is 7.14. The molecule has 3 rings (SSSR count). The van der Waals surface area contributed by atoms with Gasteiger partial charge in [0.25, 0.3) is 5.24 Å². The maximum Gasteiger partial charge on any atom is 0.312 e. The summed E-state index contributed by atoms with van der Waals surface area (Å²) in [7, 11) is 0. The minimum absolute atomic E-state index is 0.0960. The molecule has 0 bridgehead atoms. The van der Waals surface area contributed by atoms with Gasteiger partial charge in [-0.05, 0) is 31.5 Å². The zero-order chi connectivity index (χ0) is 20.4. The third-order valence-corrected chi connectivity index (χ3v) is 5.10. The Kier molecular flexibility index (Phi) is 5.45. The molecule has 1 aromatic heterocycles. The predicted octanol–water partition coefficient (Wildman–Crippen LogP) is 2.24. The van der Waals surface area contributed by atoms with Gasteiger partial charge < -0.3 is 5.32 Å². The van der Waals surface area contributed by atoms with Crippen molar-refractivity contribution in [3.05, 3.63) is 51.3 Å². The first-order valence-corrected chi connectivity index (χ1v) is 9.29. The standard InChI is InChI=1S/C17H17N5O5S/c1-10-16(22(26)27)11(2)21(19-10)8-14(23)18-13-5-3-12(4-6-13)7-20-15(24)9-28-17(20)25/h3-6H,7-9H2,1-2H3,(H,18,23). The Balaban J connectivity index is 1.62. The van der Waals surface area contributed by atoms with E-state index in [-0.39, 0.29) is 47.3 Å². The monoisotopic (exact) mass is 403 g/mol. The summed E-state index contributed by atoms with van der Waals surface area (Å²) in [6, 6.07) is 6.75. The van der Waals surface area contributed by atoms with Crippen LogP contribution in [0.1, 0.15) is 17.0 Å². The van der Waals surface area contributed by atoms with E-state index < -0.39 is 4.92 Å². The number of aromatic nitrogens is 2. The fourth-order valence-corrected chi connectivity index (χ4v) is 3.58. The van der Waals surface area contributed by atoms with E-state index in [1.807, 2.05) is 0 Å². The molecule has 2 heterocycles. The third-order valence-electron chi connectivity index (χ3n) is 4.24. The topological polar surface area (TPSA) is 127 Å². The molecule has 28 heavy (non-hydrogen) atoms. The van der Waals surface area contributed by atoms with E-state index in [0.29, 0.717) is 11.4 Å². The van der Waals surface area contributed by atoms with Crippen LogP contribution < -0.4 is 5.32 Å². The highest BCUT2D eigenvalue weighted by molar-refractivity contribution is 8.14. The molecular weight excluding hydrogens is 386 g/mol. The molecule has 11 heteroatoms. The summed E-state index contributed by atoms with van der Waals surface area (Å²) in [6.45, 7) is 3.09. The summed E-state index contributed by atoms with van der Waals surface area (Å²) >= 11 is 0.981. The first-order chi connectivity index (χ1) is 13.3. The number of nitrogens with zero attached hydrogens (tertiary/aromatic N) is 4. The van der Waals surface area contributed by atoms with Gasteiger partial charge in [-0.15, -0.1) is 0 Å². The van der Waals surface area contributed by atoms with Crippen molar-refractivity contribution in [1.82, 2.24) is 14.7 Å². The highest BCUT2D eigenvalue weighted by Gasteiger charge is 2.29. The molecule has 1 aliphatic rings. The third kappa shape index (κ3) is 4.03. The van der Waals surface area contributed by atoms with Gasteiger partial charge in [-0.25, -0.2) is 0 Å². The van der Waals surface area contributed by atoms with Crippen LogP contribution in [-0.2, 0) is 22.7 Å². The molecule has 1 aliphatic heterocycles. The second-order valence-electron chi connectivity index (χ2n) is 6.21. The van der Waals surface area contributed by atoms with E-state index in [1.165, 1.54) is 16.5 Å². The number of carbonyl (C=O) groups excluding carboxylic acids is 3. The Morgan fingerprint density at radius 2 is 1.96 bits per heavy atom. The van der Waals surface area contributed by atoms with Gasteiger partial charge >= 0.3 is 5.69 Å². The SMILES string of the molecule is Cc1nn(CC(=O)Nc2ccc(CN3C(=O)CSC3=O)cc2)c(C)c1[N+](=O)[O-]. The molecule has 1 aromatic carbocycles. The molecule has 0 aliphatic carbocycles. The predicted molar refractivity (Wildman–Crippen MR) is 102 cm³/mol. The van der Waals surface area contributed by atoms with E-state index in [2.05, 4.69) is 10.4 Å². The van der Waals surface area contributed by atoms with Gasteiger partial charge in [0.15, 0.2) is 0 Å². The van der Waals surface area contributed by atoms with Crippen LogP contribution in [0.2, 0.25) is 0 Å². The van der Waals surface area contributed by atoms with Gasteiger partial charge in [0.05, 0.1) is 17.2 Å². The molecule has 10 nitrogen and oxygen atoms in total. The number of benzene rings is 1. The van der Waals surface area contributed by atoms with Crippen molar-refractivity contribution in [3.63, 3.8) is 0 Å². The molecule has 0 unspecified atom stereocenters. The van der Waals surface area contributed by atoms with Crippen LogP contribution in [0, 0.1) is 24.0 Å². The van der Waals surface area contributed by atoms with Crippen LogP contribution >= 0.6 is 11.8 Å². The molecule has 0 atom stereocenters. The van der Waals surface area contributed by atoms with Crippen molar-refractivity contribution in [1.29, 1.82) is 0 Å². The second kappa shape index (κ2) is 7.80. The number of aryl methyl sites for hydroxylation is 1. The van der Waals surface area contributed by atoms with Crippen molar-refractivity contribution in [2.24, 2.45) is 0 Å². The number of hydrogen-bond acceptors (Lipinski definition) is 7. The fraction of sp³-hybridized carbons (Fsp3) is 0.294. The lowest BCUT2D eigenvalue weighted by Crippen LogP contribution is -2.27. The van der Waals surface area contributed by atoms with Crippen molar-refractivity contribution in [3.8, 4) is 0 Å². The average molecular weight is 403 g/mol. The maximum absolute atomic E-state index is 12.2. The quantitative estimate of drug-likeness (QED) is 0.579. The number of anilines is 1. The minimum Gasteiger partial charge on any atom is -0.324 e. The molecule has 1 N–H and O–H groups in total. The normalized spacial score (nSPS) is 13.9. The fourth-order valence-electron chi connectivity index (χ4n) is 2.85. The van der Waals surface area contributed by atoms with Crippen LogP contribution in [0.4, 0.5) is 16.2 Å². The van der Waals surface area contributed by atoms with E-state index in [1.54, 1.807) is 31.2 Å². The molecule has 2 aromatic rings. The first-order valence-electron chi connectivity index (χ1n) is 8.30. The van der Waals surface area contributed by atoms with Crippen molar-refractivity contribution in [2.45, 2.75) is 26.9 Å². The average Bonchev–Trinajstić information content (AvgIpc) is 3.09. The van der Waals surface area contributed by atoms with Crippen molar-refractivity contribution < 1.29 is 19.3 Å². The van der Waals surface area contributed by atoms with Gasteiger partial charge in [0.2, 0.25) is 11.8 Å². The van der Waals surface area contributed by atoms with Gasteiger partial charge in [-0.2, -0.15) is 5.10 Å². The number of imide groups is 1. The van der Waals surface area contributed by atoms with E-state index >= 15 is 0 Å². The van der Waals surface area contributed by atoms with Crippen molar-refractivity contribution >= 4 is 40.2 Å². The molecule has 3 amide bonds. The number of nitro groups is 1. The van der Waals surface area contributed by atoms with Crippen molar-refractivity contribution in [2.75, 3.05) is 11.1 Å². The number of nitrogens with one attached hydrogen (secondary N) is 1. The molecule has 0 spiro atoms. The van der Waals surface area contributed by atoms with Crippen LogP contribution in [-0.4, -0.2) is 42.4 Å². The lowest BCUT2D eigenvalue weighted by atomic mass is 10.2. The zero-order valence-corrected chi connectivity index (χ0v) is 16.0. The summed E-state index contributed by atoms with van der Waals surface area (Å²) in [5, 5.41) is 17.5. The van der Waals surface area contributed by atoms with E-state index in [4.69, 9.17) is 0 Å². The Labute approximate surface area is 164 Å². The number of thioether (sulfide) groups is 1.